The molecule has 1 aromatic heterocycles. The minimum atomic E-state index is -0.0795. The molecule has 0 bridgehead atoms. The molecule has 1 heterocycles. The van der Waals surface area contributed by atoms with Gasteiger partial charge in [0, 0.05) is 12.5 Å². The molecule has 0 radical (unpaired) electrons. The number of ketones is 1. The summed E-state index contributed by atoms with van der Waals surface area (Å²) in [6.07, 6.45) is 0. The number of phenols is 1. The van der Waals surface area contributed by atoms with Crippen LogP contribution in [-0.4, -0.2) is 21.1 Å². The lowest BCUT2D eigenvalue weighted by Crippen LogP contribution is -1.90. The maximum atomic E-state index is 11.0. The number of H-pyrrole nitrogens is 1. The smallest absolute Gasteiger partial charge is 0.177 e. The number of aromatic amines is 1. The van der Waals surface area contributed by atoms with Crippen molar-refractivity contribution < 1.29 is 9.90 Å². The van der Waals surface area contributed by atoms with E-state index in [2.05, 4.69) is 10.2 Å². The summed E-state index contributed by atoms with van der Waals surface area (Å²) in [4.78, 5) is 11.0. The van der Waals surface area contributed by atoms with Gasteiger partial charge in [-0.15, -0.1) is 0 Å². The predicted molar refractivity (Wildman–Crippen MR) is 55.7 cm³/mol. The molecule has 0 fully saturated rings. The van der Waals surface area contributed by atoms with Crippen LogP contribution in [0.1, 0.15) is 17.4 Å². The number of carbonyl (C=O) groups excluding carboxylic acids is 1. The van der Waals surface area contributed by atoms with Crippen LogP contribution in [0.5, 0.6) is 5.75 Å². The van der Waals surface area contributed by atoms with E-state index in [0.29, 0.717) is 17.0 Å². The number of hydrogen-bond donors (Lipinski definition) is 2. The highest BCUT2D eigenvalue weighted by atomic mass is 16.3. The Morgan fingerprint density at radius 3 is 2.73 bits per heavy atom. The van der Waals surface area contributed by atoms with Crippen molar-refractivity contribution in [2.24, 2.45) is 0 Å². The maximum absolute atomic E-state index is 11.0. The van der Waals surface area contributed by atoms with Crippen LogP contribution in [0.3, 0.4) is 0 Å². The van der Waals surface area contributed by atoms with E-state index < -0.39 is 0 Å². The van der Waals surface area contributed by atoms with E-state index in [4.69, 9.17) is 0 Å². The second-order valence-corrected chi connectivity index (χ2v) is 3.24. The molecule has 15 heavy (non-hydrogen) atoms. The number of Topliss-reactive ketones (excluding diaryl/α,β-unsaturated/α-hetero) is 1. The minimum Gasteiger partial charge on any atom is -0.507 e. The molecule has 0 saturated carbocycles. The summed E-state index contributed by atoms with van der Waals surface area (Å²) >= 11 is 0. The second kappa shape index (κ2) is 3.57. The molecule has 2 rings (SSSR count). The number of hydrogen-bond acceptors (Lipinski definition) is 3. The van der Waals surface area contributed by atoms with Gasteiger partial charge in [0.25, 0.3) is 0 Å². The maximum Gasteiger partial charge on any atom is 0.177 e. The van der Waals surface area contributed by atoms with Crippen molar-refractivity contribution in [3.05, 3.63) is 36.0 Å². The molecule has 0 aliphatic heterocycles. The standard InChI is InChI=1S/C11H10N2O2/c1-7(14)9-6-10(13-12-9)8-4-2-3-5-11(8)15/h2-6,15H,1H3,(H,12,13). The minimum absolute atomic E-state index is 0.0795. The van der Waals surface area contributed by atoms with E-state index in [1.807, 2.05) is 0 Å². The Labute approximate surface area is 86.6 Å². The number of aromatic hydroxyl groups is 1. The largest absolute Gasteiger partial charge is 0.507 e. The average Bonchev–Trinajstić information content (AvgIpc) is 2.67. The Balaban J connectivity index is 2.46. The third-order valence-corrected chi connectivity index (χ3v) is 2.14. The van der Waals surface area contributed by atoms with Crippen molar-refractivity contribution in [2.75, 3.05) is 0 Å². The quantitative estimate of drug-likeness (QED) is 0.732. The number of benzene rings is 1. The van der Waals surface area contributed by atoms with Crippen molar-refractivity contribution in [1.29, 1.82) is 0 Å². The molecule has 0 spiro atoms. The van der Waals surface area contributed by atoms with Gasteiger partial charge in [0.05, 0.1) is 5.69 Å². The lowest BCUT2D eigenvalue weighted by molar-refractivity contribution is 0.101. The van der Waals surface area contributed by atoms with Gasteiger partial charge in [-0.25, -0.2) is 0 Å². The summed E-state index contributed by atoms with van der Waals surface area (Å²) in [5, 5.41) is 16.2. The highest BCUT2D eigenvalue weighted by Crippen LogP contribution is 2.27. The lowest BCUT2D eigenvalue weighted by Gasteiger charge is -1.98. The zero-order valence-corrected chi connectivity index (χ0v) is 8.19. The highest BCUT2D eigenvalue weighted by Gasteiger charge is 2.09. The second-order valence-electron chi connectivity index (χ2n) is 3.24. The normalized spacial score (nSPS) is 10.2. The van der Waals surface area contributed by atoms with Crippen LogP contribution in [0, 0.1) is 0 Å². The Morgan fingerprint density at radius 2 is 2.13 bits per heavy atom. The SMILES string of the molecule is CC(=O)c1cc(-c2ccccc2O)n[nH]1. The number of phenolic OH excluding ortho intramolecular Hbond substituents is 1. The lowest BCUT2D eigenvalue weighted by atomic mass is 10.1. The highest BCUT2D eigenvalue weighted by molar-refractivity contribution is 5.93. The van der Waals surface area contributed by atoms with Gasteiger partial charge in [0.15, 0.2) is 5.78 Å². The summed E-state index contributed by atoms with van der Waals surface area (Å²) in [5.74, 6) is 0.0725. The Bertz CT molecular complexity index is 503. The van der Waals surface area contributed by atoms with E-state index in [1.54, 1.807) is 30.3 Å². The van der Waals surface area contributed by atoms with Gasteiger partial charge < -0.3 is 5.11 Å². The molecule has 2 aromatic rings. The molecule has 0 atom stereocenters. The molecule has 76 valence electrons. The van der Waals surface area contributed by atoms with E-state index in [9.17, 15) is 9.90 Å². The first-order chi connectivity index (χ1) is 7.18. The van der Waals surface area contributed by atoms with Crippen LogP contribution in [-0.2, 0) is 0 Å². The molecule has 0 amide bonds. The van der Waals surface area contributed by atoms with Gasteiger partial charge in [0.1, 0.15) is 11.4 Å². The average molecular weight is 202 g/mol. The van der Waals surface area contributed by atoms with Crippen molar-refractivity contribution in [3.8, 4) is 17.0 Å². The van der Waals surface area contributed by atoms with Gasteiger partial charge >= 0.3 is 0 Å². The van der Waals surface area contributed by atoms with E-state index in [1.165, 1.54) is 6.92 Å². The van der Waals surface area contributed by atoms with Crippen LogP contribution < -0.4 is 0 Å². The van der Waals surface area contributed by atoms with Crippen LogP contribution in [0.15, 0.2) is 30.3 Å². The molecule has 0 unspecified atom stereocenters. The summed E-state index contributed by atoms with van der Waals surface area (Å²) in [6, 6.07) is 8.48. The first-order valence-corrected chi connectivity index (χ1v) is 4.53. The fourth-order valence-corrected chi connectivity index (χ4v) is 1.33. The van der Waals surface area contributed by atoms with E-state index in [-0.39, 0.29) is 11.5 Å². The molecule has 4 nitrogen and oxygen atoms in total. The van der Waals surface area contributed by atoms with Gasteiger partial charge in [-0.05, 0) is 18.2 Å². The number of nitrogens with zero attached hydrogens (tertiary/aromatic N) is 1. The van der Waals surface area contributed by atoms with Gasteiger partial charge in [-0.3, -0.25) is 9.89 Å². The Hall–Kier alpha value is -2.10. The fraction of sp³-hybridized carbons (Fsp3) is 0.0909. The summed E-state index contributed by atoms with van der Waals surface area (Å²) in [5.41, 5.74) is 1.62. The van der Waals surface area contributed by atoms with E-state index in [0.717, 1.165) is 0 Å². The molecular weight excluding hydrogens is 192 g/mol. The third-order valence-electron chi connectivity index (χ3n) is 2.14. The fourth-order valence-electron chi connectivity index (χ4n) is 1.33. The molecule has 2 N–H and O–H groups in total. The van der Waals surface area contributed by atoms with Gasteiger partial charge in [0.2, 0.25) is 0 Å². The molecule has 0 saturated heterocycles. The molecule has 0 aliphatic carbocycles. The zero-order valence-electron chi connectivity index (χ0n) is 8.19. The van der Waals surface area contributed by atoms with Crippen LogP contribution in [0.4, 0.5) is 0 Å². The van der Waals surface area contributed by atoms with Gasteiger partial charge in [-0.2, -0.15) is 5.10 Å². The van der Waals surface area contributed by atoms with E-state index >= 15 is 0 Å². The first kappa shape index (κ1) is 9.45. The Morgan fingerprint density at radius 1 is 1.40 bits per heavy atom. The van der Waals surface area contributed by atoms with Crippen molar-refractivity contribution in [3.63, 3.8) is 0 Å². The number of rotatable bonds is 2. The topological polar surface area (TPSA) is 66.0 Å². The molecule has 4 heteroatoms. The first-order valence-electron chi connectivity index (χ1n) is 4.53. The van der Waals surface area contributed by atoms with Crippen molar-refractivity contribution >= 4 is 5.78 Å². The Kier molecular flexibility index (Phi) is 2.25. The van der Waals surface area contributed by atoms with Crippen LogP contribution in [0.25, 0.3) is 11.3 Å². The van der Waals surface area contributed by atoms with Crippen LogP contribution >= 0.6 is 0 Å². The van der Waals surface area contributed by atoms with Gasteiger partial charge in [-0.1, -0.05) is 12.1 Å². The number of nitrogens with one attached hydrogen (secondary N) is 1. The monoisotopic (exact) mass is 202 g/mol. The number of carbonyl (C=O) groups is 1. The predicted octanol–water partition coefficient (Wildman–Crippen LogP) is 1.98. The molecule has 1 aromatic carbocycles. The summed E-state index contributed by atoms with van der Waals surface area (Å²) in [6.45, 7) is 1.46. The third kappa shape index (κ3) is 1.74. The van der Waals surface area contributed by atoms with Crippen molar-refractivity contribution in [1.82, 2.24) is 10.2 Å². The zero-order chi connectivity index (χ0) is 10.8. The van der Waals surface area contributed by atoms with Crippen molar-refractivity contribution in [2.45, 2.75) is 6.92 Å². The molecule has 0 aliphatic rings. The summed E-state index contributed by atoms with van der Waals surface area (Å²) in [7, 11) is 0. The number of para-hydroxylation sites is 1. The number of aromatic nitrogens is 2. The summed E-state index contributed by atoms with van der Waals surface area (Å²) < 4.78 is 0. The molecular formula is C11H10N2O2. The van der Waals surface area contributed by atoms with Crippen LogP contribution in [0.2, 0.25) is 0 Å².